The van der Waals surface area contributed by atoms with Gasteiger partial charge in [-0.3, -0.25) is 14.3 Å². The first-order valence-corrected chi connectivity index (χ1v) is 11.7. The normalized spacial score (nSPS) is 30.8. The number of hydrogen-bond acceptors (Lipinski definition) is 5. The molecule has 0 aromatic heterocycles. The molecule has 2 aliphatic carbocycles. The molecule has 0 spiro atoms. The Hall–Kier alpha value is -0.200. The highest BCUT2D eigenvalue weighted by molar-refractivity contribution is 8.13. The van der Waals surface area contributed by atoms with Gasteiger partial charge < -0.3 is 5.32 Å². The first-order chi connectivity index (χ1) is 11.6. The summed E-state index contributed by atoms with van der Waals surface area (Å²) in [5, 5.41) is 3.53. The van der Waals surface area contributed by atoms with Crippen LogP contribution in [0.3, 0.4) is 0 Å². The van der Waals surface area contributed by atoms with Gasteiger partial charge in [-0.2, -0.15) is 0 Å². The van der Waals surface area contributed by atoms with Crippen molar-refractivity contribution in [1.29, 1.82) is 0 Å². The van der Waals surface area contributed by atoms with E-state index >= 15 is 0 Å². The third-order valence-electron chi connectivity index (χ3n) is 5.68. The predicted octanol–water partition coefficient (Wildman–Crippen LogP) is 3.47. The summed E-state index contributed by atoms with van der Waals surface area (Å²) in [5.41, 5.74) is 0. The number of carbonyl (C=O) groups excluding carboxylic acids is 2. The van der Waals surface area contributed by atoms with Gasteiger partial charge in [0.15, 0.2) is 5.12 Å². The van der Waals surface area contributed by atoms with E-state index in [-0.39, 0.29) is 17.7 Å². The summed E-state index contributed by atoms with van der Waals surface area (Å²) in [6.45, 7) is 1.86. The van der Waals surface area contributed by atoms with Gasteiger partial charge in [-0.15, -0.1) is 0 Å². The highest BCUT2D eigenvalue weighted by atomic mass is 32.2. The summed E-state index contributed by atoms with van der Waals surface area (Å²) in [4.78, 5) is 24.1. The molecule has 0 aromatic rings. The van der Waals surface area contributed by atoms with Crippen LogP contribution in [-0.2, 0) is 9.59 Å². The average Bonchev–Trinajstić information content (AvgIpc) is 2.64. The Labute approximate surface area is 155 Å². The summed E-state index contributed by atoms with van der Waals surface area (Å²) in [6.07, 6.45) is 12.4. The summed E-state index contributed by atoms with van der Waals surface area (Å²) >= 11 is 3.04. The Kier molecular flexibility index (Phi) is 8.98. The summed E-state index contributed by atoms with van der Waals surface area (Å²) in [7, 11) is 0. The van der Waals surface area contributed by atoms with Gasteiger partial charge in [0.1, 0.15) is 0 Å². The standard InChI is InChI=1S/C18H32N2O2S2/c1-23-18(22)16-9-5-13(6-10-16)11-19-17(21)15-7-3-14(4-8-15)12-20-24-2/h13-16,20H,3-12H2,1-2H3,(H,19,21). The number of thioether (sulfide) groups is 1. The Morgan fingerprint density at radius 1 is 0.833 bits per heavy atom. The van der Waals surface area contributed by atoms with Crippen molar-refractivity contribution in [2.24, 2.45) is 23.7 Å². The smallest absolute Gasteiger partial charge is 0.223 e. The van der Waals surface area contributed by atoms with Crippen molar-refractivity contribution in [3.05, 3.63) is 0 Å². The first kappa shape index (κ1) is 20.1. The zero-order chi connectivity index (χ0) is 17.4. The fourth-order valence-corrected chi connectivity index (χ4v) is 4.96. The Morgan fingerprint density at radius 2 is 1.38 bits per heavy atom. The maximum Gasteiger partial charge on any atom is 0.223 e. The maximum absolute atomic E-state index is 12.4. The molecular formula is C18H32N2O2S2. The van der Waals surface area contributed by atoms with E-state index in [2.05, 4.69) is 16.3 Å². The van der Waals surface area contributed by atoms with Gasteiger partial charge in [0.2, 0.25) is 5.91 Å². The van der Waals surface area contributed by atoms with Gasteiger partial charge in [0, 0.05) is 24.9 Å². The monoisotopic (exact) mass is 372 g/mol. The Morgan fingerprint density at radius 3 is 1.92 bits per heavy atom. The second-order valence-electron chi connectivity index (χ2n) is 7.26. The van der Waals surface area contributed by atoms with Crippen molar-refractivity contribution in [1.82, 2.24) is 10.0 Å². The number of rotatable bonds is 7. The second-order valence-corrected chi connectivity index (χ2v) is 8.76. The van der Waals surface area contributed by atoms with Gasteiger partial charge in [-0.05, 0) is 75.7 Å². The van der Waals surface area contributed by atoms with Gasteiger partial charge in [-0.25, -0.2) is 0 Å². The third kappa shape index (κ3) is 6.26. The number of carbonyl (C=O) groups is 2. The number of nitrogens with one attached hydrogen (secondary N) is 2. The van der Waals surface area contributed by atoms with Crippen molar-refractivity contribution >= 4 is 34.7 Å². The molecule has 2 N–H and O–H groups in total. The molecule has 0 aliphatic heterocycles. The van der Waals surface area contributed by atoms with Crippen LogP contribution in [0.4, 0.5) is 0 Å². The maximum atomic E-state index is 12.4. The molecule has 0 bridgehead atoms. The molecule has 1 amide bonds. The van der Waals surface area contributed by atoms with Crippen molar-refractivity contribution in [3.63, 3.8) is 0 Å². The van der Waals surface area contributed by atoms with Gasteiger partial charge in [0.25, 0.3) is 0 Å². The van der Waals surface area contributed by atoms with Crippen LogP contribution in [-0.4, -0.2) is 36.6 Å². The highest BCUT2D eigenvalue weighted by Crippen LogP contribution is 2.32. The fourth-order valence-electron chi connectivity index (χ4n) is 3.99. The Bertz CT molecular complexity index is 404. The van der Waals surface area contributed by atoms with Crippen molar-refractivity contribution in [2.45, 2.75) is 51.4 Å². The third-order valence-corrected chi connectivity index (χ3v) is 6.87. The molecule has 4 nitrogen and oxygen atoms in total. The minimum atomic E-state index is 0.213. The molecule has 0 radical (unpaired) electrons. The minimum Gasteiger partial charge on any atom is -0.356 e. The summed E-state index contributed by atoms with van der Waals surface area (Å²) < 4.78 is 3.34. The van der Waals surface area contributed by atoms with Crippen LogP contribution in [0.1, 0.15) is 51.4 Å². The largest absolute Gasteiger partial charge is 0.356 e. The lowest BCUT2D eigenvalue weighted by atomic mass is 9.81. The topological polar surface area (TPSA) is 58.2 Å². The fraction of sp³-hybridized carbons (Fsp3) is 0.889. The lowest BCUT2D eigenvalue weighted by Crippen LogP contribution is -2.37. The van der Waals surface area contributed by atoms with Crippen LogP contribution in [0.25, 0.3) is 0 Å². The van der Waals surface area contributed by atoms with E-state index in [9.17, 15) is 9.59 Å². The van der Waals surface area contributed by atoms with E-state index in [1.54, 1.807) is 11.9 Å². The summed E-state index contributed by atoms with van der Waals surface area (Å²) in [5.74, 6) is 2.00. The number of amides is 1. The van der Waals surface area contributed by atoms with Crippen molar-refractivity contribution in [3.8, 4) is 0 Å². The SMILES string of the molecule is CSNCC1CCC(C(=O)NCC2CCC(C(=O)SC)CC2)CC1. The van der Waals surface area contributed by atoms with Crippen LogP contribution in [0, 0.1) is 23.7 Å². The van der Waals surface area contributed by atoms with Crippen LogP contribution in [0.2, 0.25) is 0 Å². The molecule has 6 heteroatoms. The Balaban J connectivity index is 1.61. The average molecular weight is 373 g/mol. The lowest BCUT2D eigenvalue weighted by Gasteiger charge is -2.30. The van der Waals surface area contributed by atoms with E-state index in [0.717, 1.165) is 70.4 Å². The van der Waals surface area contributed by atoms with E-state index in [4.69, 9.17) is 0 Å². The minimum absolute atomic E-state index is 0.213. The van der Waals surface area contributed by atoms with Crippen molar-refractivity contribution < 1.29 is 9.59 Å². The zero-order valence-corrected chi connectivity index (χ0v) is 16.6. The van der Waals surface area contributed by atoms with Crippen LogP contribution >= 0.6 is 23.7 Å². The molecule has 0 unspecified atom stereocenters. The second kappa shape index (κ2) is 10.7. The number of hydrogen-bond donors (Lipinski definition) is 2. The molecule has 2 aliphatic rings. The zero-order valence-electron chi connectivity index (χ0n) is 15.0. The molecule has 24 heavy (non-hydrogen) atoms. The molecule has 0 heterocycles. The first-order valence-electron chi connectivity index (χ1n) is 9.25. The van der Waals surface area contributed by atoms with Gasteiger partial charge in [-0.1, -0.05) is 23.7 Å². The molecule has 2 fully saturated rings. The van der Waals surface area contributed by atoms with E-state index in [0.29, 0.717) is 11.0 Å². The molecule has 0 aromatic carbocycles. The van der Waals surface area contributed by atoms with Crippen LogP contribution in [0.15, 0.2) is 0 Å². The van der Waals surface area contributed by atoms with E-state index < -0.39 is 0 Å². The molecule has 2 rings (SSSR count). The van der Waals surface area contributed by atoms with Gasteiger partial charge in [0.05, 0.1) is 0 Å². The molecule has 2 saturated carbocycles. The molecule has 138 valence electrons. The van der Waals surface area contributed by atoms with Crippen molar-refractivity contribution in [2.75, 3.05) is 25.6 Å². The summed E-state index contributed by atoms with van der Waals surface area (Å²) in [6, 6.07) is 0. The molecule has 0 saturated heterocycles. The van der Waals surface area contributed by atoms with Gasteiger partial charge >= 0.3 is 0 Å². The lowest BCUT2D eigenvalue weighted by molar-refractivity contribution is -0.126. The molecular weight excluding hydrogens is 340 g/mol. The highest BCUT2D eigenvalue weighted by Gasteiger charge is 2.28. The molecule has 0 atom stereocenters. The quantitative estimate of drug-likeness (QED) is 0.670. The predicted molar refractivity (Wildman–Crippen MR) is 104 cm³/mol. The van der Waals surface area contributed by atoms with Crippen LogP contribution in [0.5, 0.6) is 0 Å². The van der Waals surface area contributed by atoms with Crippen LogP contribution < -0.4 is 10.0 Å². The van der Waals surface area contributed by atoms with E-state index in [1.165, 1.54) is 11.8 Å². The van der Waals surface area contributed by atoms with E-state index in [1.807, 2.05) is 6.26 Å².